The zero-order valence-electron chi connectivity index (χ0n) is 11.9. The van der Waals surface area contributed by atoms with Crippen LogP contribution in [0, 0.1) is 6.92 Å². The van der Waals surface area contributed by atoms with Crippen LogP contribution in [0.3, 0.4) is 0 Å². The summed E-state index contributed by atoms with van der Waals surface area (Å²) in [7, 11) is -1.54. The molecule has 1 rings (SSSR count). The average Bonchev–Trinajstić information content (AvgIpc) is 2.04. The summed E-state index contributed by atoms with van der Waals surface area (Å²) >= 11 is 3.72. The van der Waals surface area contributed by atoms with Crippen LogP contribution >= 0.6 is 36.4 Å². The van der Waals surface area contributed by atoms with E-state index < -0.39 is 20.4 Å². The molecule has 0 saturated heterocycles. The van der Waals surface area contributed by atoms with E-state index in [1.54, 1.807) is 0 Å². The van der Waals surface area contributed by atoms with Gasteiger partial charge in [0.2, 0.25) is 0 Å². The van der Waals surface area contributed by atoms with Gasteiger partial charge in [0, 0.05) is 4.47 Å². The summed E-state index contributed by atoms with van der Waals surface area (Å²) in [6, 6.07) is 6.65. The van der Waals surface area contributed by atoms with Gasteiger partial charge >= 0.3 is 0 Å². The first-order chi connectivity index (χ1) is 7.53. The molecule has 0 fully saturated rings. The van der Waals surface area contributed by atoms with Gasteiger partial charge in [-0.1, -0.05) is 6.07 Å². The molecule has 0 unspecified atom stereocenters. The summed E-state index contributed by atoms with van der Waals surface area (Å²) in [5, 5.41) is 0. The van der Waals surface area contributed by atoms with Gasteiger partial charge in [0.15, 0.2) is 0 Å². The molecule has 0 aliphatic rings. The van der Waals surface area contributed by atoms with Crippen molar-refractivity contribution in [3.05, 3.63) is 28.2 Å². The Morgan fingerprint density at radius 2 is 1.41 bits per heavy atom. The summed E-state index contributed by atoms with van der Waals surface area (Å²) in [5.41, 5.74) is 2.63. The van der Waals surface area contributed by atoms with Gasteiger partial charge in [0.1, 0.15) is 0 Å². The Bertz CT molecular complexity index is 391. The van der Waals surface area contributed by atoms with Gasteiger partial charge in [-0.15, -0.1) is 0 Å². The fraction of sp³-hybridized carbons (Fsp3) is 0.538. The van der Waals surface area contributed by atoms with E-state index in [2.05, 4.69) is 82.3 Å². The number of nitrogens with zero attached hydrogens (tertiary/aromatic N) is 1. The molecule has 0 amide bonds. The van der Waals surface area contributed by atoms with Crippen molar-refractivity contribution in [1.29, 1.82) is 0 Å². The zero-order valence-corrected chi connectivity index (χ0v) is 15.1. The molecule has 4 heteroatoms. The molecule has 1 aromatic carbocycles. The molecule has 0 aliphatic carbocycles. The lowest BCUT2D eigenvalue weighted by Crippen LogP contribution is -2.28. The fourth-order valence-electron chi connectivity index (χ4n) is 2.02. The molecule has 0 aliphatic heterocycles. The van der Waals surface area contributed by atoms with Crippen LogP contribution in [-0.2, 0) is 0 Å². The van der Waals surface area contributed by atoms with Crippen LogP contribution in [0.4, 0.5) is 5.69 Å². The molecule has 0 aromatic heterocycles. The monoisotopic (exact) mass is 337 g/mol. The first kappa shape index (κ1) is 15.3. The quantitative estimate of drug-likeness (QED) is 0.766. The maximum absolute atomic E-state index is 3.72. The summed E-state index contributed by atoms with van der Waals surface area (Å²) in [5.74, 6) is 0. The van der Waals surface area contributed by atoms with E-state index in [4.69, 9.17) is 0 Å². The molecule has 0 N–H and O–H groups in total. The van der Waals surface area contributed by atoms with Crippen LogP contribution < -0.4 is 3.71 Å². The van der Waals surface area contributed by atoms with E-state index in [1.807, 2.05) is 0 Å². The summed E-state index contributed by atoms with van der Waals surface area (Å²) in [4.78, 5) is 0. The summed E-state index contributed by atoms with van der Waals surface area (Å²) in [6.45, 7) is 2.13. The molecule has 1 aromatic rings. The summed E-state index contributed by atoms with van der Waals surface area (Å²) < 4.78 is 3.84. The highest BCUT2D eigenvalue weighted by molar-refractivity contribution is 9.10. The molecule has 100 valence electrons. The molecular formula is C13H24BrNS2. The number of rotatable bonds is 3. The Morgan fingerprint density at radius 1 is 0.941 bits per heavy atom. The van der Waals surface area contributed by atoms with Crippen molar-refractivity contribution in [2.45, 2.75) is 6.92 Å². The second kappa shape index (κ2) is 5.06. The Kier molecular flexibility index (Phi) is 4.54. The predicted molar refractivity (Wildman–Crippen MR) is 92.1 cm³/mol. The topological polar surface area (TPSA) is 3.24 Å². The average molecular weight is 338 g/mol. The third-order valence-electron chi connectivity index (χ3n) is 2.29. The number of anilines is 1. The Hall–Kier alpha value is 0.200. The van der Waals surface area contributed by atoms with E-state index in [0.717, 1.165) is 0 Å². The summed E-state index contributed by atoms with van der Waals surface area (Å²) in [6.07, 6.45) is 14.2. The Labute approximate surface area is 118 Å². The Morgan fingerprint density at radius 3 is 1.76 bits per heavy atom. The van der Waals surface area contributed by atoms with E-state index in [-0.39, 0.29) is 0 Å². The fourth-order valence-corrected chi connectivity index (χ4v) is 9.79. The van der Waals surface area contributed by atoms with Gasteiger partial charge in [0.25, 0.3) is 0 Å². The number of hydrogen-bond donors (Lipinski definition) is 0. The minimum Gasteiger partial charge on any atom is -0.297 e. The normalized spacial score (nSPS) is 14.6. The van der Waals surface area contributed by atoms with Crippen LogP contribution in [0.1, 0.15) is 5.56 Å². The van der Waals surface area contributed by atoms with Crippen molar-refractivity contribution < 1.29 is 0 Å². The number of hydrogen-bond acceptors (Lipinski definition) is 1. The largest absolute Gasteiger partial charge is 0.297 e. The van der Waals surface area contributed by atoms with Gasteiger partial charge in [-0.05, 0) is 78.1 Å². The van der Waals surface area contributed by atoms with E-state index in [0.29, 0.717) is 0 Å². The van der Waals surface area contributed by atoms with Crippen molar-refractivity contribution in [3.63, 3.8) is 0 Å². The van der Waals surface area contributed by atoms with E-state index in [9.17, 15) is 0 Å². The first-order valence-corrected chi connectivity index (χ1v) is 11.9. The third kappa shape index (κ3) is 3.83. The van der Waals surface area contributed by atoms with Crippen LogP contribution in [-0.4, -0.2) is 37.5 Å². The molecule has 0 spiro atoms. The minimum absolute atomic E-state index is 0.771. The van der Waals surface area contributed by atoms with Gasteiger partial charge < -0.3 is 0 Å². The molecule has 0 atom stereocenters. The van der Waals surface area contributed by atoms with Gasteiger partial charge in [-0.3, -0.25) is 3.71 Å². The minimum atomic E-state index is -0.771. The van der Waals surface area contributed by atoms with Crippen molar-refractivity contribution in [2.24, 2.45) is 0 Å². The SMILES string of the molecule is Cc1ccc(N(S(C)(C)C)S(C)(C)C)c(Br)c1. The third-order valence-corrected chi connectivity index (χ3v) is 8.00. The number of halogens is 1. The second-order valence-electron chi connectivity index (χ2n) is 5.76. The van der Waals surface area contributed by atoms with E-state index >= 15 is 0 Å². The lowest BCUT2D eigenvalue weighted by molar-refractivity contribution is 1.42. The molecule has 0 saturated carbocycles. The van der Waals surface area contributed by atoms with Crippen molar-refractivity contribution >= 4 is 42.0 Å². The van der Waals surface area contributed by atoms with Crippen LogP contribution in [0.5, 0.6) is 0 Å². The molecule has 1 nitrogen and oxygen atoms in total. The van der Waals surface area contributed by atoms with Crippen molar-refractivity contribution in [3.8, 4) is 0 Å². The molecule has 0 bridgehead atoms. The van der Waals surface area contributed by atoms with Crippen molar-refractivity contribution in [2.75, 3.05) is 41.2 Å². The van der Waals surface area contributed by atoms with Crippen LogP contribution in [0.15, 0.2) is 22.7 Å². The van der Waals surface area contributed by atoms with Crippen LogP contribution in [0.2, 0.25) is 0 Å². The molecular weight excluding hydrogens is 314 g/mol. The van der Waals surface area contributed by atoms with E-state index in [1.165, 1.54) is 15.7 Å². The molecule has 0 radical (unpaired) electrons. The predicted octanol–water partition coefficient (Wildman–Crippen LogP) is 4.78. The second-order valence-corrected chi connectivity index (χ2v) is 14.7. The Balaban J connectivity index is 3.34. The maximum Gasteiger partial charge on any atom is 0.0699 e. The highest BCUT2D eigenvalue weighted by Gasteiger charge is 2.27. The lowest BCUT2D eigenvalue weighted by atomic mass is 10.2. The van der Waals surface area contributed by atoms with Gasteiger partial charge in [-0.25, -0.2) is 0 Å². The highest BCUT2D eigenvalue weighted by atomic mass is 79.9. The van der Waals surface area contributed by atoms with Crippen LogP contribution in [0.25, 0.3) is 0 Å². The number of benzene rings is 1. The molecule has 17 heavy (non-hydrogen) atoms. The standard InChI is InChI=1S/C13H24BrNS2/c1-11-8-9-13(12(14)10-11)15(16(2,3)4)17(5,6)7/h8-10H,1-7H3. The van der Waals surface area contributed by atoms with Gasteiger partial charge in [0.05, 0.1) is 5.69 Å². The highest BCUT2D eigenvalue weighted by Crippen LogP contribution is 2.60. The maximum atomic E-state index is 3.72. The smallest absolute Gasteiger partial charge is 0.0699 e. The van der Waals surface area contributed by atoms with Crippen molar-refractivity contribution in [1.82, 2.24) is 0 Å². The number of aryl methyl sites for hydroxylation is 1. The van der Waals surface area contributed by atoms with Gasteiger partial charge in [-0.2, -0.15) is 20.4 Å². The molecule has 0 heterocycles. The first-order valence-electron chi connectivity index (χ1n) is 5.47. The zero-order chi connectivity index (χ0) is 13.4. The lowest BCUT2D eigenvalue weighted by Gasteiger charge is -2.53.